The number of hydrogen-bond donors (Lipinski definition) is 1. The molecule has 122 valence electrons. The summed E-state index contributed by atoms with van der Waals surface area (Å²) in [5, 5.41) is 2.81. The molecule has 1 unspecified atom stereocenters. The summed E-state index contributed by atoms with van der Waals surface area (Å²) in [7, 11) is 1.57. The number of carbonyl (C=O) groups excluding carboxylic acids is 1. The average molecular weight is 313 g/mol. The van der Waals surface area contributed by atoms with Gasteiger partial charge in [0.15, 0.2) is 6.61 Å². The van der Waals surface area contributed by atoms with Crippen molar-refractivity contribution < 1.29 is 14.3 Å². The molecule has 0 aromatic heterocycles. The van der Waals surface area contributed by atoms with Crippen molar-refractivity contribution in [2.75, 3.05) is 19.0 Å². The fourth-order valence-corrected chi connectivity index (χ4v) is 2.32. The van der Waals surface area contributed by atoms with Crippen molar-refractivity contribution in [3.8, 4) is 11.5 Å². The van der Waals surface area contributed by atoms with Crippen LogP contribution in [0.4, 0.5) is 5.69 Å². The van der Waals surface area contributed by atoms with E-state index in [9.17, 15) is 4.79 Å². The Kier molecular flexibility index (Phi) is 6.03. The highest BCUT2D eigenvalue weighted by Gasteiger charge is 2.12. The third-order valence-electron chi connectivity index (χ3n) is 3.80. The predicted octanol–water partition coefficient (Wildman–Crippen LogP) is 4.23. The molecular formula is C19H23NO3. The molecule has 0 heterocycles. The van der Waals surface area contributed by atoms with E-state index < -0.39 is 0 Å². The fraction of sp³-hybridized carbons (Fsp3) is 0.316. The summed E-state index contributed by atoms with van der Waals surface area (Å²) in [4.78, 5) is 12.1. The maximum atomic E-state index is 12.1. The van der Waals surface area contributed by atoms with Crippen LogP contribution in [0.25, 0.3) is 0 Å². The molecule has 0 aliphatic rings. The van der Waals surface area contributed by atoms with E-state index in [1.807, 2.05) is 36.4 Å². The second-order valence-electron chi connectivity index (χ2n) is 5.38. The van der Waals surface area contributed by atoms with Crippen molar-refractivity contribution in [3.63, 3.8) is 0 Å². The maximum absolute atomic E-state index is 12.1. The first-order chi connectivity index (χ1) is 11.2. The number of ether oxygens (including phenoxy) is 2. The number of para-hydroxylation sites is 3. The van der Waals surface area contributed by atoms with Crippen LogP contribution >= 0.6 is 0 Å². The Morgan fingerprint density at radius 2 is 1.74 bits per heavy atom. The van der Waals surface area contributed by atoms with Gasteiger partial charge in [-0.25, -0.2) is 0 Å². The van der Waals surface area contributed by atoms with Gasteiger partial charge in [-0.2, -0.15) is 0 Å². The summed E-state index contributed by atoms with van der Waals surface area (Å²) >= 11 is 0. The molecule has 4 heteroatoms. The SMILES string of the molecule is CCC(C)c1ccccc1OCC(=O)Nc1ccccc1OC. The molecular weight excluding hydrogens is 290 g/mol. The van der Waals surface area contributed by atoms with Gasteiger partial charge in [0.05, 0.1) is 12.8 Å². The van der Waals surface area contributed by atoms with E-state index in [0.29, 0.717) is 17.4 Å². The lowest BCUT2D eigenvalue weighted by Gasteiger charge is -2.16. The lowest BCUT2D eigenvalue weighted by Crippen LogP contribution is -2.21. The van der Waals surface area contributed by atoms with E-state index in [1.54, 1.807) is 19.2 Å². The molecule has 0 aliphatic carbocycles. The van der Waals surface area contributed by atoms with Gasteiger partial charge in [-0.1, -0.05) is 44.2 Å². The largest absolute Gasteiger partial charge is 0.495 e. The molecule has 1 amide bonds. The van der Waals surface area contributed by atoms with Gasteiger partial charge in [-0.05, 0) is 36.1 Å². The Morgan fingerprint density at radius 3 is 2.43 bits per heavy atom. The Bertz CT molecular complexity index is 655. The minimum absolute atomic E-state index is 0.0362. The number of methoxy groups -OCH3 is 1. The van der Waals surface area contributed by atoms with Crippen molar-refractivity contribution >= 4 is 11.6 Å². The molecule has 0 saturated carbocycles. The number of amides is 1. The Morgan fingerprint density at radius 1 is 1.09 bits per heavy atom. The first-order valence-corrected chi connectivity index (χ1v) is 7.80. The van der Waals surface area contributed by atoms with Crippen LogP contribution in [0, 0.1) is 0 Å². The summed E-state index contributed by atoms with van der Waals surface area (Å²) < 4.78 is 10.9. The molecule has 0 fully saturated rings. The van der Waals surface area contributed by atoms with Gasteiger partial charge in [0.25, 0.3) is 5.91 Å². The molecule has 0 bridgehead atoms. The van der Waals surface area contributed by atoms with Crippen LogP contribution < -0.4 is 14.8 Å². The number of rotatable bonds is 7. The van der Waals surface area contributed by atoms with Crippen molar-refractivity contribution in [1.82, 2.24) is 0 Å². The number of anilines is 1. The van der Waals surface area contributed by atoms with E-state index >= 15 is 0 Å². The molecule has 0 aliphatic heterocycles. The van der Waals surface area contributed by atoms with Gasteiger partial charge in [-0.3, -0.25) is 4.79 Å². The smallest absolute Gasteiger partial charge is 0.262 e. The predicted molar refractivity (Wildman–Crippen MR) is 92.3 cm³/mol. The van der Waals surface area contributed by atoms with E-state index in [1.165, 1.54) is 0 Å². The first kappa shape index (κ1) is 16.9. The quantitative estimate of drug-likeness (QED) is 0.832. The maximum Gasteiger partial charge on any atom is 0.262 e. The average Bonchev–Trinajstić information content (AvgIpc) is 2.60. The van der Waals surface area contributed by atoms with Crippen molar-refractivity contribution in [2.45, 2.75) is 26.2 Å². The van der Waals surface area contributed by atoms with E-state index in [0.717, 1.165) is 17.7 Å². The number of hydrogen-bond acceptors (Lipinski definition) is 3. The minimum atomic E-state index is -0.214. The van der Waals surface area contributed by atoms with Crippen LogP contribution in [0.15, 0.2) is 48.5 Å². The number of carbonyl (C=O) groups is 1. The molecule has 0 radical (unpaired) electrons. The molecule has 0 spiro atoms. The zero-order valence-electron chi connectivity index (χ0n) is 13.8. The lowest BCUT2D eigenvalue weighted by molar-refractivity contribution is -0.118. The zero-order valence-corrected chi connectivity index (χ0v) is 13.8. The third-order valence-corrected chi connectivity index (χ3v) is 3.80. The van der Waals surface area contributed by atoms with Crippen molar-refractivity contribution in [2.24, 2.45) is 0 Å². The van der Waals surface area contributed by atoms with Crippen molar-refractivity contribution in [1.29, 1.82) is 0 Å². The monoisotopic (exact) mass is 313 g/mol. The molecule has 2 rings (SSSR count). The normalized spacial score (nSPS) is 11.6. The fourth-order valence-electron chi connectivity index (χ4n) is 2.32. The number of benzene rings is 2. The van der Waals surface area contributed by atoms with Crippen LogP contribution in [-0.4, -0.2) is 19.6 Å². The first-order valence-electron chi connectivity index (χ1n) is 7.80. The highest BCUT2D eigenvalue weighted by Crippen LogP contribution is 2.28. The molecule has 2 aromatic rings. The van der Waals surface area contributed by atoms with E-state index in [4.69, 9.17) is 9.47 Å². The highest BCUT2D eigenvalue weighted by atomic mass is 16.5. The second kappa shape index (κ2) is 8.22. The summed E-state index contributed by atoms with van der Waals surface area (Å²) in [5.41, 5.74) is 1.76. The molecule has 23 heavy (non-hydrogen) atoms. The second-order valence-corrected chi connectivity index (χ2v) is 5.38. The van der Waals surface area contributed by atoms with Gasteiger partial charge < -0.3 is 14.8 Å². The molecule has 0 saturated heterocycles. The molecule has 1 N–H and O–H groups in total. The van der Waals surface area contributed by atoms with Crippen LogP contribution in [0.5, 0.6) is 11.5 Å². The van der Waals surface area contributed by atoms with Crippen LogP contribution in [0.1, 0.15) is 31.7 Å². The van der Waals surface area contributed by atoms with Gasteiger partial charge >= 0.3 is 0 Å². The molecule has 1 atom stereocenters. The van der Waals surface area contributed by atoms with Crippen LogP contribution in [0.2, 0.25) is 0 Å². The van der Waals surface area contributed by atoms with E-state index in [-0.39, 0.29) is 12.5 Å². The summed E-state index contributed by atoms with van der Waals surface area (Å²) in [6.07, 6.45) is 1.02. The zero-order chi connectivity index (χ0) is 16.7. The Hall–Kier alpha value is -2.49. The number of nitrogens with one attached hydrogen (secondary N) is 1. The summed E-state index contributed by atoms with van der Waals surface area (Å²) in [6.45, 7) is 4.25. The molecule has 4 nitrogen and oxygen atoms in total. The Balaban J connectivity index is 2.00. The van der Waals surface area contributed by atoms with Crippen LogP contribution in [-0.2, 0) is 4.79 Å². The van der Waals surface area contributed by atoms with E-state index in [2.05, 4.69) is 19.2 Å². The topological polar surface area (TPSA) is 47.6 Å². The van der Waals surface area contributed by atoms with Crippen LogP contribution in [0.3, 0.4) is 0 Å². The Labute approximate surface area is 137 Å². The highest BCUT2D eigenvalue weighted by molar-refractivity contribution is 5.93. The molecule has 2 aromatic carbocycles. The lowest BCUT2D eigenvalue weighted by atomic mass is 9.98. The van der Waals surface area contributed by atoms with Gasteiger partial charge in [0.1, 0.15) is 11.5 Å². The summed E-state index contributed by atoms with van der Waals surface area (Å²) in [5.74, 6) is 1.56. The standard InChI is InChI=1S/C19H23NO3/c1-4-14(2)15-9-5-7-11-17(15)23-13-19(21)20-16-10-6-8-12-18(16)22-3/h5-12,14H,4,13H2,1-3H3,(H,20,21). The third kappa shape index (κ3) is 4.49. The van der Waals surface area contributed by atoms with Crippen molar-refractivity contribution in [3.05, 3.63) is 54.1 Å². The summed E-state index contributed by atoms with van der Waals surface area (Å²) in [6, 6.07) is 15.1. The van der Waals surface area contributed by atoms with Gasteiger partial charge in [-0.15, -0.1) is 0 Å². The van der Waals surface area contributed by atoms with Gasteiger partial charge in [0, 0.05) is 0 Å². The minimum Gasteiger partial charge on any atom is -0.495 e. The van der Waals surface area contributed by atoms with Gasteiger partial charge in [0.2, 0.25) is 0 Å².